The summed E-state index contributed by atoms with van der Waals surface area (Å²) in [7, 11) is 0. The van der Waals surface area contributed by atoms with E-state index < -0.39 is 28.8 Å². The van der Waals surface area contributed by atoms with Crippen LogP contribution in [0.1, 0.15) is 35.3 Å². The van der Waals surface area contributed by atoms with E-state index in [1.807, 2.05) is 32.0 Å². The predicted octanol–water partition coefficient (Wildman–Crippen LogP) is 3.31. The number of ketones is 2. The summed E-state index contributed by atoms with van der Waals surface area (Å²) in [5, 5.41) is 28.5. The van der Waals surface area contributed by atoms with Gasteiger partial charge in [-0.3, -0.25) is 9.59 Å². The Bertz CT molecular complexity index is 845. The van der Waals surface area contributed by atoms with Gasteiger partial charge in [-0.25, -0.2) is 0 Å². The average Bonchev–Trinajstić information content (AvgIpc) is 2.58. The minimum atomic E-state index is -0.914. The molecule has 2 rings (SSSR count). The molecule has 0 aliphatic rings. The molecule has 5 nitrogen and oxygen atoms in total. The zero-order valence-corrected chi connectivity index (χ0v) is 14.1. The Balaban J connectivity index is 2.17. The highest BCUT2D eigenvalue weighted by molar-refractivity contribution is 6.44. The number of hydrogen-bond donors (Lipinski definition) is 3. The normalized spacial score (nSPS) is 10.3. The first kappa shape index (κ1) is 18.3. The molecular weight excluding hydrogens is 320 g/mol. The summed E-state index contributed by atoms with van der Waals surface area (Å²) in [5.41, 5.74) is 2.59. The molecule has 0 amide bonds. The minimum absolute atomic E-state index is 0.109. The van der Waals surface area contributed by atoms with Crippen LogP contribution in [0.25, 0.3) is 0 Å². The highest BCUT2D eigenvalue weighted by atomic mass is 16.3. The van der Waals surface area contributed by atoms with E-state index in [0.717, 1.165) is 24.1 Å². The fourth-order valence-corrected chi connectivity index (χ4v) is 2.36. The summed E-state index contributed by atoms with van der Waals surface area (Å²) in [4.78, 5) is 24.4. The molecule has 0 atom stereocenters. The van der Waals surface area contributed by atoms with E-state index in [4.69, 9.17) is 0 Å². The quantitative estimate of drug-likeness (QED) is 0.325. The van der Waals surface area contributed by atoms with Gasteiger partial charge in [-0.2, -0.15) is 0 Å². The fraction of sp³-hybridized carbons (Fsp3) is 0.200. The number of rotatable bonds is 6. The standard InChI is InChI=1S/C20H20O5/c1-12(2)6-7-13-4-3-5-14(10-13)11-17(22)18(23)15-8-9-16(21)20(25)19(15)24/h3-6,8-10,21,24-25H,7,11H2,1-2H3. The summed E-state index contributed by atoms with van der Waals surface area (Å²) < 4.78 is 0. The van der Waals surface area contributed by atoms with Gasteiger partial charge in [0.1, 0.15) is 0 Å². The summed E-state index contributed by atoms with van der Waals surface area (Å²) in [6, 6.07) is 9.54. The summed E-state index contributed by atoms with van der Waals surface area (Å²) in [5.74, 6) is -3.80. The molecule has 0 unspecified atom stereocenters. The molecule has 130 valence electrons. The lowest BCUT2D eigenvalue weighted by Gasteiger charge is -2.07. The number of benzene rings is 2. The van der Waals surface area contributed by atoms with Crippen molar-refractivity contribution in [3.8, 4) is 17.2 Å². The van der Waals surface area contributed by atoms with Crippen molar-refractivity contribution in [2.24, 2.45) is 0 Å². The third-order valence-electron chi connectivity index (χ3n) is 3.73. The maximum Gasteiger partial charge on any atom is 0.232 e. The Morgan fingerprint density at radius 3 is 2.32 bits per heavy atom. The highest BCUT2D eigenvalue weighted by Gasteiger charge is 2.23. The van der Waals surface area contributed by atoms with E-state index in [0.29, 0.717) is 5.56 Å². The van der Waals surface area contributed by atoms with Crippen LogP contribution in [0.15, 0.2) is 48.0 Å². The van der Waals surface area contributed by atoms with Crippen LogP contribution < -0.4 is 0 Å². The Labute approximate surface area is 145 Å². The number of carbonyl (C=O) groups excluding carboxylic acids is 2. The first-order valence-corrected chi connectivity index (χ1v) is 7.82. The van der Waals surface area contributed by atoms with Crippen molar-refractivity contribution in [2.45, 2.75) is 26.7 Å². The Morgan fingerprint density at radius 2 is 1.64 bits per heavy atom. The average molecular weight is 340 g/mol. The molecule has 2 aromatic rings. The second-order valence-electron chi connectivity index (χ2n) is 6.06. The number of aromatic hydroxyl groups is 3. The zero-order valence-electron chi connectivity index (χ0n) is 14.1. The number of Topliss-reactive ketones (excluding diaryl/α,β-unsaturated/α-hetero) is 2. The van der Waals surface area contributed by atoms with E-state index >= 15 is 0 Å². The Morgan fingerprint density at radius 1 is 0.960 bits per heavy atom. The van der Waals surface area contributed by atoms with Gasteiger partial charge < -0.3 is 15.3 Å². The van der Waals surface area contributed by atoms with Crippen LogP contribution in [0.2, 0.25) is 0 Å². The first-order chi connectivity index (χ1) is 11.8. The first-order valence-electron chi connectivity index (χ1n) is 7.82. The van der Waals surface area contributed by atoms with E-state index in [-0.39, 0.29) is 12.0 Å². The van der Waals surface area contributed by atoms with Gasteiger partial charge in [-0.1, -0.05) is 35.9 Å². The van der Waals surface area contributed by atoms with Gasteiger partial charge in [0.05, 0.1) is 5.56 Å². The summed E-state index contributed by atoms with van der Waals surface area (Å²) >= 11 is 0. The molecule has 0 aliphatic heterocycles. The van der Waals surface area contributed by atoms with Gasteiger partial charge in [-0.15, -0.1) is 0 Å². The number of allylic oxidation sites excluding steroid dienone is 2. The molecule has 0 saturated heterocycles. The van der Waals surface area contributed by atoms with Crippen LogP contribution >= 0.6 is 0 Å². The van der Waals surface area contributed by atoms with Crippen molar-refractivity contribution in [2.75, 3.05) is 0 Å². The summed E-state index contributed by atoms with van der Waals surface area (Å²) in [6.07, 6.45) is 2.71. The lowest BCUT2D eigenvalue weighted by atomic mass is 9.98. The lowest BCUT2D eigenvalue weighted by molar-refractivity contribution is -0.114. The molecule has 0 aromatic heterocycles. The molecular formula is C20H20O5. The van der Waals surface area contributed by atoms with E-state index in [1.54, 1.807) is 6.07 Å². The van der Waals surface area contributed by atoms with Gasteiger partial charge in [0, 0.05) is 6.42 Å². The zero-order chi connectivity index (χ0) is 18.6. The second-order valence-corrected chi connectivity index (χ2v) is 6.06. The number of carbonyl (C=O) groups is 2. The summed E-state index contributed by atoms with van der Waals surface area (Å²) in [6.45, 7) is 4.01. The van der Waals surface area contributed by atoms with Crippen LogP contribution in [0.5, 0.6) is 17.2 Å². The van der Waals surface area contributed by atoms with Gasteiger partial charge >= 0.3 is 0 Å². The van der Waals surface area contributed by atoms with E-state index in [2.05, 4.69) is 6.08 Å². The molecule has 0 saturated carbocycles. The molecule has 25 heavy (non-hydrogen) atoms. The molecule has 3 N–H and O–H groups in total. The van der Waals surface area contributed by atoms with Crippen LogP contribution in [-0.4, -0.2) is 26.9 Å². The SMILES string of the molecule is CC(C)=CCc1cccc(CC(=O)C(=O)c2ccc(O)c(O)c2O)c1. The van der Waals surface area contributed by atoms with Crippen molar-refractivity contribution < 1.29 is 24.9 Å². The molecule has 0 aliphatic carbocycles. The van der Waals surface area contributed by atoms with Crippen LogP contribution in [0, 0.1) is 0 Å². The number of phenols is 3. The van der Waals surface area contributed by atoms with Crippen molar-refractivity contribution in [1.82, 2.24) is 0 Å². The van der Waals surface area contributed by atoms with Crippen molar-refractivity contribution >= 4 is 11.6 Å². The molecule has 5 heteroatoms. The van der Waals surface area contributed by atoms with Gasteiger partial charge in [-0.05, 0) is 43.5 Å². The van der Waals surface area contributed by atoms with Gasteiger partial charge in [0.25, 0.3) is 0 Å². The van der Waals surface area contributed by atoms with Crippen LogP contribution in [-0.2, 0) is 17.6 Å². The predicted molar refractivity (Wildman–Crippen MR) is 94.1 cm³/mol. The topological polar surface area (TPSA) is 94.8 Å². The van der Waals surface area contributed by atoms with Crippen LogP contribution in [0.4, 0.5) is 0 Å². The van der Waals surface area contributed by atoms with E-state index in [1.165, 1.54) is 5.57 Å². The molecule has 0 fully saturated rings. The largest absolute Gasteiger partial charge is 0.504 e. The molecule has 0 heterocycles. The minimum Gasteiger partial charge on any atom is -0.504 e. The molecule has 0 radical (unpaired) electrons. The fourth-order valence-electron chi connectivity index (χ4n) is 2.36. The number of hydrogen-bond acceptors (Lipinski definition) is 5. The smallest absolute Gasteiger partial charge is 0.232 e. The Kier molecular flexibility index (Phi) is 5.60. The monoisotopic (exact) mass is 340 g/mol. The Hall–Kier alpha value is -3.08. The third-order valence-corrected chi connectivity index (χ3v) is 3.73. The van der Waals surface area contributed by atoms with Crippen molar-refractivity contribution in [3.63, 3.8) is 0 Å². The number of phenolic OH excluding ortho intramolecular Hbond substituents is 3. The lowest BCUT2D eigenvalue weighted by Crippen LogP contribution is -2.17. The molecule has 0 spiro atoms. The maximum atomic E-state index is 12.2. The second kappa shape index (κ2) is 7.66. The van der Waals surface area contributed by atoms with Gasteiger partial charge in [0.2, 0.25) is 17.3 Å². The highest BCUT2D eigenvalue weighted by Crippen LogP contribution is 2.37. The van der Waals surface area contributed by atoms with Gasteiger partial charge in [0.15, 0.2) is 11.5 Å². The van der Waals surface area contributed by atoms with Crippen LogP contribution in [0.3, 0.4) is 0 Å². The van der Waals surface area contributed by atoms with E-state index in [9.17, 15) is 24.9 Å². The molecule has 0 bridgehead atoms. The van der Waals surface area contributed by atoms with Crippen molar-refractivity contribution in [3.05, 3.63) is 64.7 Å². The van der Waals surface area contributed by atoms with Crippen molar-refractivity contribution in [1.29, 1.82) is 0 Å². The molecule has 2 aromatic carbocycles. The maximum absolute atomic E-state index is 12.2. The third kappa shape index (κ3) is 4.47.